The quantitative estimate of drug-likeness (QED) is 0.661. The van der Waals surface area contributed by atoms with Gasteiger partial charge in [0, 0.05) is 17.8 Å². The van der Waals surface area contributed by atoms with Crippen LogP contribution in [0.25, 0.3) is 0 Å². The van der Waals surface area contributed by atoms with Crippen molar-refractivity contribution >= 4 is 17.3 Å². The molecule has 0 bridgehead atoms. The van der Waals surface area contributed by atoms with Crippen molar-refractivity contribution in [3.05, 3.63) is 21.9 Å². The predicted octanol–water partition coefficient (Wildman–Crippen LogP) is 2.24. The Balaban J connectivity index is 1.59. The summed E-state index contributed by atoms with van der Waals surface area (Å²) in [6.45, 7) is 4.42. The lowest BCUT2D eigenvalue weighted by atomic mass is 9.85. The van der Waals surface area contributed by atoms with Gasteiger partial charge in [0.1, 0.15) is 5.60 Å². The van der Waals surface area contributed by atoms with Crippen LogP contribution in [0.15, 0.2) is 16.4 Å². The van der Waals surface area contributed by atoms with Crippen LogP contribution in [0.3, 0.4) is 0 Å². The number of nitrogens with one attached hydrogen (secondary N) is 1. The molecule has 0 saturated heterocycles. The zero-order valence-electron chi connectivity index (χ0n) is 12.0. The molecule has 5 heteroatoms. The summed E-state index contributed by atoms with van der Waals surface area (Å²) in [6, 6.07) is 2.16. The molecule has 0 spiro atoms. The molecule has 1 atom stereocenters. The fraction of sp³-hybridized carbons (Fsp3) is 0.667. The van der Waals surface area contributed by atoms with Gasteiger partial charge in [0.15, 0.2) is 5.96 Å². The second-order valence-electron chi connectivity index (χ2n) is 5.97. The van der Waals surface area contributed by atoms with Crippen LogP contribution in [0.1, 0.15) is 36.6 Å². The van der Waals surface area contributed by atoms with Crippen LogP contribution in [0.2, 0.25) is 0 Å². The first-order valence-electron chi connectivity index (χ1n) is 7.42. The van der Waals surface area contributed by atoms with Crippen molar-refractivity contribution in [1.82, 2.24) is 5.32 Å². The van der Waals surface area contributed by atoms with E-state index in [1.807, 2.05) is 11.3 Å². The van der Waals surface area contributed by atoms with E-state index in [1.165, 1.54) is 29.7 Å². The minimum absolute atomic E-state index is 0.323. The van der Waals surface area contributed by atoms with E-state index in [0.717, 1.165) is 25.5 Å². The van der Waals surface area contributed by atoms with Gasteiger partial charge in [-0.1, -0.05) is 6.42 Å². The summed E-state index contributed by atoms with van der Waals surface area (Å²) >= 11 is 1.81. The van der Waals surface area contributed by atoms with Crippen LogP contribution in [0.5, 0.6) is 0 Å². The highest BCUT2D eigenvalue weighted by atomic mass is 32.1. The topological polar surface area (TPSA) is 59.6 Å². The van der Waals surface area contributed by atoms with Crippen LogP contribution < -0.4 is 11.1 Å². The van der Waals surface area contributed by atoms with Crippen molar-refractivity contribution in [2.75, 3.05) is 19.7 Å². The van der Waals surface area contributed by atoms with E-state index in [4.69, 9.17) is 10.5 Å². The van der Waals surface area contributed by atoms with E-state index in [0.29, 0.717) is 12.5 Å². The maximum absolute atomic E-state index is 5.97. The summed E-state index contributed by atoms with van der Waals surface area (Å²) < 4.78 is 5.97. The maximum Gasteiger partial charge on any atom is 0.188 e. The van der Waals surface area contributed by atoms with Gasteiger partial charge in [-0.15, -0.1) is 11.3 Å². The number of ether oxygens (including phenoxy) is 1. The van der Waals surface area contributed by atoms with Crippen LogP contribution in [-0.4, -0.2) is 25.7 Å². The molecule has 3 N–H and O–H groups in total. The van der Waals surface area contributed by atoms with Crippen molar-refractivity contribution in [1.29, 1.82) is 0 Å². The highest BCUT2D eigenvalue weighted by Crippen LogP contribution is 2.36. The highest BCUT2D eigenvalue weighted by molar-refractivity contribution is 7.10. The van der Waals surface area contributed by atoms with Crippen molar-refractivity contribution in [2.24, 2.45) is 16.6 Å². The van der Waals surface area contributed by atoms with Gasteiger partial charge in [-0.05, 0) is 42.7 Å². The van der Waals surface area contributed by atoms with Gasteiger partial charge >= 0.3 is 0 Å². The van der Waals surface area contributed by atoms with Gasteiger partial charge in [-0.3, -0.25) is 4.99 Å². The third kappa shape index (κ3) is 2.83. The summed E-state index contributed by atoms with van der Waals surface area (Å²) in [7, 11) is 0. The van der Waals surface area contributed by atoms with Gasteiger partial charge < -0.3 is 15.8 Å². The highest BCUT2D eigenvalue weighted by Gasteiger charge is 2.33. The van der Waals surface area contributed by atoms with Crippen LogP contribution in [0, 0.1) is 5.92 Å². The Morgan fingerprint density at radius 2 is 2.45 bits per heavy atom. The molecule has 1 fully saturated rings. The summed E-state index contributed by atoms with van der Waals surface area (Å²) in [4.78, 5) is 5.92. The van der Waals surface area contributed by atoms with E-state index < -0.39 is 0 Å². The number of rotatable bonds is 4. The zero-order chi connectivity index (χ0) is 14.0. The number of fused-ring (bicyclic) bond motifs is 1. The number of nitrogens with two attached hydrogens (primary N) is 1. The number of hydrogen-bond donors (Lipinski definition) is 2. The minimum Gasteiger partial charge on any atom is -0.370 e. The molecule has 1 saturated carbocycles. The number of nitrogens with zero attached hydrogens (tertiary/aromatic N) is 1. The Morgan fingerprint density at radius 3 is 3.20 bits per heavy atom. The monoisotopic (exact) mass is 293 g/mol. The smallest absolute Gasteiger partial charge is 0.188 e. The molecule has 3 rings (SSSR count). The molecule has 1 aromatic rings. The molecule has 0 amide bonds. The molecular formula is C15H23N3OS. The third-order valence-electron chi connectivity index (χ3n) is 4.41. The molecule has 1 unspecified atom stereocenters. The Labute approximate surface area is 124 Å². The molecule has 1 aliphatic heterocycles. The average molecular weight is 293 g/mol. The molecule has 0 radical (unpaired) electrons. The van der Waals surface area contributed by atoms with Crippen LogP contribution in [0.4, 0.5) is 0 Å². The SMILES string of the molecule is CC1(CN=C(N)NCC2CCC2)OCCc2sccc21. The average Bonchev–Trinajstić information content (AvgIpc) is 2.85. The number of aliphatic imine (C=N–C) groups is 1. The Bertz CT molecular complexity index is 495. The normalized spacial score (nSPS) is 26.9. The first-order valence-corrected chi connectivity index (χ1v) is 8.30. The molecule has 4 nitrogen and oxygen atoms in total. The molecule has 110 valence electrons. The Morgan fingerprint density at radius 1 is 1.60 bits per heavy atom. The van der Waals surface area contributed by atoms with Crippen molar-refractivity contribution < 1.29 is 4.74 Å². The van der Waals surface area contributed by atoms with Gasteiger partial charge in [-0.2, -0.15) is 0 Å². The predicted molar refractivity (Wildman–Crippen MR) is 83.2 cm³/mol. The second-order valence-corrected chi connectivity index (χ2v) is 6.97. The molecule has 2 aliphatic rings. The van der Waals surface area contributed by atoms with Crippen molar-refractivity contribution in [3.63, 3.8) is 0 Å². The van der Waals surface area contributed by atoms with E-state index in [9.17, 15) is 0 Å². The van der Waals surface area contributed by atoms with E-state index in [-0.39, 0.29) is 5.60 Å². The first-order chi connectivity index (χ1) is 9.67. The lowest BCUT2D eigenvalue weighted by Crippen LogP contribution is -2.40. The third-order valence-corrected chi connectivity index (χ3v) is 5.39. The molecule has 1 aromatic heterocycles. The number of hydrogen-bond acceptors (Lipinski definition) is 3. The summed E-state index contributed by atoms with van der Waals surface area (Å²) in [5.74, 6) is 1.33. The standard InChI is InChI=1S/C15H23N3OS/c1-15(12-6-8-20-13(12)5-7-19-15)10-18-14(16)17-9-11-3-2-4-11/h6,8,11H,2-5,7,9-10H2,1H3,(H3,16,17,18). The van der Waals surface area contributed by atoms with Crippen LogP contribution >= 0.6 is 11.3 Å². The molecule has 0 aromatic carbocycles. The Kier molecular flexibility index (Phi) is 3.98. The van der Waals surface area contributed by atoms with Gasteiger partial charge in [0.25, 0.3) is 0 Å². The minimum atomic E-state index is -0.323. The molecule has 2 heterocycles. The number of guanidine groups is 1. The van der Waals surface area contributed by atoms with E-state index in [1.54, 1.807) is 0 Å². The molecular weight excluding hydrogens is 270 g/mol. The lowest BCUT2D eigenvalue weighted by Gasteiger charge is -2.33. The van der Waals surface area contributed by atoms with Gasteiger partial charge in [0.05, 0.1) is 13.2 Å². The number of thiophene rings is 1. The summed E-state index contributed by atoms with van der Waals surface area (Å²) in [5, 5.41) is 5.37. The van der Waals surface area contributed by atoms with Crippen LogP contribution in [-0.2, 0) is 16.8 Å². The Hall–Kier alpha value is -1.07. The largest absolute Gasteiger partial charge is 0.370 e. The summed E-state index contributed by atoms with van der Waals surface area (Å²) in [5.41, 5.74) is 6.92. The maximum atomic E-state index is 5.97. The second kappa shape index (κ2) is 5.74. The first kappa shape index (κ1) is 13.9. The van der Waals surface area contributed by atoms with E-state index in [2.05, 4.69) is 28.7 Å². The molecule has 1 aliphatic carbocycles. The van der Waals surface area contributed by atoms with Crippen molar-refractivity contribution in [2.45, 2.75) is 38.2 Å². The van der Waals surface area contributed by atoms with E-state index >= 15 is 0 Å². The molecule has 20 heavy (non-hydrogen) atoms. The fourth-order valence-corrected chi connectivity index (χ4v) is 3.80. The summed E-state index contributed by atoms with van der Waals surface area (Å²) in [6.07, 6.45) is 5.01. The zero-order valence-corrected chi connectivity index (χ0v) is 12.8. The van der Waals surface area contributed by atoms with Gasteiger partial charge in [-0.25, -0.2) is 0 Å². The van der Waals surface area contributed by atoms with Crippen molar-refractivity contribution in [3.8, 4) is 0 Å². The fourth-order valence-electron chi connectivity index (χ4n) is 2.82. The van der Waals surface area contributed by atoms with Gasteiger partial charge in [0.2, 0.25) is 0 Å². The lowest BCUT2D eigenvalue weighted by molar-refractivity contribution is -0.0375.